The maximum atomic E-state index is 12.9. The molecule has 2 N–H and O–H groups in total. The van der Waals surface area contributed by atoms with Crippen molar-refractivity contribution < 1.29 is 23.7 Å². The number of epoxide rings is 2. The Labute approximate surface area is 226 Å². The number of carbonyl (C=O) groups excluding carboxylic acids is 1. The van der Waals surface area contributed by atoms with Crippen LogP contribution in [0.2, 0.25) is 0 Å². The van der Waals surface area contributed by atoms with Crippen LogP contribution in [0, 0.1) is 23.7 Å². The lowest BCUT2D eigenvalue weighted by Gasteiger charge is -2.57. The Balaban J connectivity index is 1.04. The van der Waals surface area contributed by atoms with Crippen LogP contribution in [0.25, 0.3) is 0 Å². The Hall–Kier alpha value is -1.22. The van der Waals surface area contributed by atoms with E-state index in [9.17, 15) is 4.79 Å². The van der Waals surface area contributed by atoms with Crippen molar-refractivity contribution in [1.82, 2.24) is 10.6 Å². The Bertz CT molecular complexity index is 925. The summed E-state index contributed by atoms with van der Waals surface area (Å²) in [5, 5.41) is 7.36. The molecule has 0 aromatic rings. The topological polar surface area (TPSA) is 84.7 Å². The van der Waals surface area contributed by atoms with E-state index in [1.54, 1.807) is 7.11 Å². The molecule has 8 heteroatoms. The van der Waals surface area contributed by atoms with Gasteiger partial charge in [0.15, 0.2) is 5.11 Å². The number of ether oxygens (including phenoxy) is 4. The van der Waals surface area contributed by atoms with Gasteiger partial charge in [0.25, 0.3) is 0 Å². The van der Waals surface area contributed by atoms with Gasteiger partial charge in [-0.05, 0) is 109 Å². The van der Waals surface area contributed by atoms with E-state index in [0.717, 1.165) is 43.6 Å². The summed E-state index contributed by atoms with van der Waals surface area (Å²) in [7, 11) is 1.71. The van der Waals surface area contributed by atoms with Crippen molar-refractivity contribution in [2.24, 2.45) is 23.7 Å². The third-order valence-corrected chi connectivity index (χ3v) is 10.6. The van der Waals surface area contributed by atoms with Crippen LogP contribution in [0.1, 0.15) is 78.6 Å². The third-order valence-electron chi connectivity index (χ3n) is 10.3. The summed E-state index contributed by atoms with van der Waals surface area (Å²) in [5.74, 6) is 2.26. The van der Waals surface area contributed by atoms with E-state index in [0.29, 0.717) is 5.11 Å². The van der Waals surface area contributed by atoms with Crippen LogP contribution in [0.15, 0.2) is 11.6 Å². The smallest absolute Gasteiger partial charge is 0.325 e. The maximum absolute atomic E-state index is 12.9. The molecule has 0 unspecified atom stereocenters. The van der Waals surface area contributed by atoms with E-state index in [4.69, 9.17) is 31.2 Å². The summed E-state index contributed by atoms with van der Waals surface area (Å²) in [5.41, 5.74) is 0.855. The molecule has 5 saturated carbocycles. The molecule has 7 aliphatic rings. The Morgan fingerprint density at radius 2 is 1.78 bits per heavy atom. The standard InChI is InChI=1S/C29H44N2O5S/c1-17(2)5-6-22-27(3,36-22)25-24(33-4)21(7-8-29(25)16-34-29)35-23(32)15-30-26(37)31-28-12-18-9-19(13-28)11-20(10-18)14-28/h5,18-22,24-25H,6-16H2,1-4H3,(H2,30,31,37)/t18?,19?,20?,21-,22-,24-,25-,27+,28?,29+/m1/s1. The number of carbonyl (C=O) groups is 1. The molecule has 7 nitrogen and oxygen atoms in total. The molecule has 0 aromatic heterocycles. The first kappa shape index (κ1) is 26.0. The second kappa shape index (κ2) is 9.46. The van der Waals surface area contributed by atoms with Crippen LogP contribution in [0.3, 0.4) is 0 Å². The van der Waals surface area contributed by atoms with Crippen molar-refractivity contribution in [2.75, 3.05) is 20.3 Å². The SMILES string of the molecule is CO[C@@H]1[C@H](OC(=O)CNC(=S)NC23CC4CC(CC(C4)C2)C3)CC[C@]2(CO2)[C@H]1[C@@]1(C)O[C@@H]1CC=C(C)C. The highest BCUT2D eigenvalue weighted by Crippen LogP contribution is 2.60. The summed E-state index contributed by atoms with van der Waals surface area (Å²) in [6, 6.07) is 0. The largest absolute Gasteiger partial charge is 0.458 e. The normalized spacial score (nSPS) is 46.9. The molecular weight excluding hydrogens is 488 g/mol. The molecule has 206 valence electrons. The predicted octanol–water partition coefficient (Wildman–Crippen LogP) is 4.04. The second-order valence-corrected chi connectivity index (χ2v) is 13.8. The molecular formula is C29H44N2O5S. The molecule has 5 aliphatic carbocycles. The van der Waals surface area contributed by atoms with Gasteiger partial charge in [-0.15, -0.1) is 0 Å². The molecule has 6 atom stereocenters. The zero-order valence-corrected chi connectivity index (χ0v) is 23.7. The minimum absolute atomic E-state index is 0.0268. The lowest BCUT2D eigenvalue weighted by Crippen LogP contribution is -2.61. The van der Waals surface area contributed by atoms with Crippen LogP contribution in [-0.2, 0) is 23.7 Å². The van der Waals surface area contributed by atoms with Crippen molar-refractivity contribution in [3.63, 3.8) is 0 Å². The minimum atomic E-state index is -0.337. The van der Waals surface area contributed by atoms with Gasteiger partial charge in [-0.3, -0.25) is 4.79 Å². The van der Waals surface area contributed by atoms with Gasteiger partial charge in [-0.2, -0.15) is 0 Å². The summed E-state index contributed by atoms with van der Waals surface area (Å²) < 4.78 is 24.3. The summed E-state index contributed by atoms with van der Waals surface area (Å²) in [6.45, 7) is 7.17. The van der Waals surface area contributed by atoms with E-state index < -0.39 is 0 Å². The number of esters is 1. The zero-order chi connectivity index (χ0) is 26.0. The first-order valence-electron chi connectivity index (χ1n) is 14.4. The molecule has 0 radical (unpaired) electrons. The number of allylic oxidation sites excluding steroid dienone is 1. The van der Waals surface area contributed by atoms with Crippen molar-refractivity contribution in [2.45, 2.75) is 114 Å². The lowest BCUT2D eigenvalue weighted by atomic mass is 9.53. The molecule has 2 saturated heterocycles. The van der Waals surface area contributed by atoms with Crippen LogP contribution >= 0.6 is 12.2 Å². The van der Waals surface area contributed by atoms with Gasteiger partial charge in [-0.1, -0.05) is 11.6 Å². The van der Waals surface area contributed by atoms with Crippen LogP contribution in [0.5, 0.6) is 0 Å². The monoisotopic (exact) mass is 532 g/mol. The lowest BCUT2D eigenvalue weighted by molar-refractivity contribution is -0.170. The molecule has 4 bridgehead atoms. The van der Waals surface area contributed by atoms with E-state index in [1.807, 2.05) is 0 Å². The average molecular weight is 533 g/mol. The molecule has 0 aromatic carbocycles. The van der Waals surface area contributed by atoms with E-state index >= 15 is 0 Å². The van der Waals surface area contributed by atoms with Gasteiger partial charge in [0.1, 0.15) is 30.0 Å². The summed E-state index contributed by atoms with van der Waals surface area (Å²) in [6.07, 6.45) is 12.0. The van der Waals surface area contributed by atoms with Crippen LogP contribution in [-0.4, -0.2) is 66.4 Å². The molecule has 7 rings (SSSR count). The van der Waals surface area contributed by atoms with Crippen LogP contribution in [0.4, 0.5) is 0 Å². The van der Waals surface area contributed by atoms with Crippen molar-refractivity contribution in [1.29, 1.82) is 0 Å². The van der Waals surface area contributed by atoms with Crippen molar-refractivity contribution >= 4 is 23.3 Å². The summed E-state index contributed by atoms with van der Waals surface area (Å²) in [4.78, 5) is 12.9. The Morgan fingerprint density at radius 3 is 2.35 bits per heavy atom. The first-order chi connectivity index (χ1) is 17.6. The van der Waals surface area contributed by atoms with Gasteiger partial charge in [-0.25, -0.2) is 0 Å². The van der Waals surface area contributed by atoms with E-state index in [2.05, 4.69) is 37.5 Å². The fourth-order valence-electron chi connectivity index (χ4n) is 8.98. The average Bonchev–Trinajstić information content (AvgIpc) is 3.73. The highest BCUT2D eigenvalue weighted by Gasteiger charge is 2.72. The molecule has 7 fully saturated rings. The van der Waals surface area contributed by atoms with E-state index in [-0.39, 0.29) is 53.5 Å². The summed E-state index contributed by atoms with van der Waals surface area (Å²) >= 11 is 5.64. The van der Waals surface area contributed by atoms with Crippen molar-refractivity contribution in [3.8, 4) is 0 Å². The fourth-order valence-corrected chi connectivity index (χ4v) is 9.27. The van der Waals surface area contributed by atoms with Gasteiger partial charge >= 0.3 is 5.97 Å². The molecule has 2 aliphatic heterocycles. The number of nitrogens with one attached hydrogen (secondary N) is 2. The van der Waals surface area contributed by atoms with Gasteiger partial charge in [0.2, 0.25) is 0 Å². The van der Waals surface area contributed by atoms with Gasteiger partial charge < -0.3 is 29.6 Å². The Kier molecular flexibility index (Phi) is 6.65. The quantitative estimate of drug-likeness (QED) is 0.210. The zero-order valence-electron chi connectivity index (χ0n) is 22.8. The van der Waals surface area contributed by atoms with Gasteiger partial charge in [0, 0.05) is 12.6 Å². The fraction of sp³-hybridized carbons (Fsp3) is 0.862. The minimum Gasteiger partial charge on any atom is -0.458 e. The highest BCUT2D eigenvalue weighted by atomic mass is 32.1. The Morgan fingerprint density at radius 1 is 1.14 bits per heavy atom. The van der Waals surface area contributed by atoms with Crippen LogP contribution < -0.4 is 10.6 Å². The first-order valence-corrected chi connectivity index (χ1v) is 14.8. The number of hydrogen-bond donors (Lipinski definition) is 2. The molecule has 2 heterocycles. The molecule has 1 spiro atoms. The van der Waals surface area contributed by atoms with Gasteiger partial charge in [0.05, 0.1) is 18.6 Å². The number of rotatable bonds is 8. The molecule has 0 amide bonds. The predicted molar refractivity (Wildman–Crippen MR) is 144 cm³/mol. The third kappa shape index (κ3) is 4.96. The second-order valence-electron chi connectivity index (χ2n) is 13.4. The number of hydrogen-bond acceptors (Lipinski definition) is 6. The molecule has 37 heavy (non-hydrogen) atoms. The maximum Gasteiger partial charge on any atom is 0.325 e. The number of methoxy groups -OCH3 is 1. The highest BCUT2D eigenvalue weighted by molar-refractivity contribution is 7.80. The van der Waals surface area contributed by atoms with E-state index in [1.165, 1.54) is 44.1 Å². The van der Waals surface area contributed by atoms with Crippen molar-refractivity contribution in [3.05, 3.63) is 11.6 Å². The number of thiocarbonyl (C=S) groups is 1.